The van der Waals surface area contributed by atoms with Crippen molar-refractivity contribution in [3.8, 4) is 0 Å². The Morgan fingerprint density at radius 3 is 2.80 bits per heavy atom. The maximum atomic E-state index is 6.29. The molecule has 15 heavy (non-hydrogen) atoms. The first-order valence-electron chi connectivity index (χ1n) is 4.71. The van der Waals surface area contributed by atoms with E-state index in [2.05, 4.69) is 33.1 Å². The summed E-state index contributed by atoms with van der Waals surface area (Å²) in [6.45, 7) is 2.07. The van der Waals surface area contributed by atoms with Gasteiger partial charge in [-0.25, -0.2) is 0 Å². The van der Waals surface area contributed by atoms with Gasteiger partial charge in [0.15, 0.2) is 0 Å². The van der Waals surface area contributed by atoms with Crippen molar-refractivity contribution < 1.29 is 0 Å². The Bertz CT molecular complexity index is 487. The van der Waals surface area contributed by atoms with E-state index >= 15 is 0 Å². The van der Waals surface area contributed by atoms with Crippen LogP contribution < -0.4 is 0 Å². The van der Waals surface area contributed by atoms with Crippen LogP contribution in [0.4, 0.5) is 0 Å². The zero-order valence-electron chi connectivity index (χ0n) is 8.24. The molecule has 78 valence electrons. The SMILES string of the molecule is CC(CBr)c1nnc2ccccc2c1Cl. The molecule has 1 heterocycles. The van der Waals surface area contributed by atoms with Crippen molar-refractivity contribution in [1.29, 1.82) is 0 Å². The highest BCUT2D eigenvalue weighted by Crippen LogP contribution is 2.29. The second-order valence-corrected chi connectivity index (χ2v) is 4.50. The highest BCUT2D eigenvalue weighted by atomic mass is 79.9. The van der Waals surface area contributed by atoms with Crippen molar-refractivity contribution >= 4 is 38.4 Å². The van der Waals surface area contributed by atoms with E-state index in [1.807, 2.05) is 24.3 Å². The van der Waals surface area contributed by atoms with Crippen LogP contribution in [-0.2, 0) is 0 Å². The predicted molar refractivity (Wildman–Crippen MR) is 66.8 cm³/mol. The first kappa shape index (κ1) is 10.8. The van der Waals surface area contributed by atoms with Crippen molar-refractivity contribution in [2.24, 2.45) is 0 Å². The van der Waals surface area contributed by atoms with Crippen molar-refractivity contribution in [1.82, 2.24) is 10.2 Å². The Labute approximate surface area is 102 Å². The van der Waals surface area contributed by atoms with Crippen LogP contribution in [0.1, 0.15) is 18.5 Å². The van der Waals surface area contributed by atoms with E-state index < -0.39 is 0 Å². The number of aromatic nitrogens is 2. The standard InChI is InChI=1S/C11H10BrClN2/c1-7(6-12)11-10(13)8-4-2-3-5-9(8)14-15-11/h2-5,7H,6H2,1H3. The molecule has 0 aliphatic rings. The molecule has 1 aromatic heterocycles. The van der Waals surface area contributed by atoms with Gasteiger partial charge < -0.3 is 0 Å². The number of halogens is 2. The molecule has 1 aromatic carbocycles. The topological polar surface area (TPSA) is 25.8 Å². The zero-order valence-corrected chi connectivity index (χ0v) is 10.6. The predicted octanol–water partition coefficient (Wildman–Crippen LogP) is 3.78. The second-order valence-electron chi connectivity index (χ2n) is 3.47. The third-order valence-corrected chi connectivity index (χ3v) is 3.70. The van der Waals surface area contributed by atoms with E-state index in [1.54, 1.807) is 0 Å². The molecule has 2 aromatic rings. The summed E-state index contributed by atoms with van der Waals surface area (Å²) in [6, 6.07) is 7.77. The normalized spacial score (nSPS) is 13.0. The molecule has 0 fully saturated rings. The second kappa shape index (κ2) is 4.45. The van der Waals surface area contributed by atoms with Crippen LogP contribution in [0.15, 0.2) is 24.3 Å². The summed E-state index contributed by atoms with van der Waals surface area (Å²) in [5.74, 6) is 0.273. The molecule has 2 nitrogen and oxygen atoms in total. The number of alkyl halides is 1. The maximum absolute atomic E-state index is 6.29. The van der Waals surface area contributed by atoms with E-state index in [4.69, 9.17) is 11.6 Å². The van der Waals surface area contributed by atoms with Crippen molar-refractivity contribution in [3.05, 3.63) is 35.0 Å². The van der Waals surface area contributed by atoms with Gasteiger partial charge in [-0.2, -0.15) is 10.2 Å². The first-order valence-corrected chi connectivity index (χ1v) is 6.20. The molecule has 1 unspecified atom stereocenters. The van der Waals surface area contributed by atoms with Crippen molar-refractivity contribution in [3.63, 3.8) is 0 Å². The van der Waals surface area contributed by atoms with Gasteiger partial charge >= 0.3 is 0 Å². The molecule has 0 spiro atoms. The van der Waals surface area contributed by atoms with E-state index in [-0.39, 0.29) is 5.92 Å². The average Bonchev–Trinajstić information content (AvgIpc) is 2.29. The number of fused-ring (bicyclic) bond motifs is 1. The Kier molecular flexibility index (Phi) is 3.22. The van der Waals surface area contributed by atoms with Crippen molar-refractivity contribution in [2.75, 3.05) is 5.33 Å². The van der Waals surface area contributed by atoms with E-state index in [1.165, 1.54) is 0 Å². The Hall–Kier alpha value is -0.670. The summed E-state index contributed by atoms with van der Waals surface area (Å²) in [5.41, 5.74) is 1.69. The lowest BCUT2D eigenvalue weighted by Gasteiger charge is -2.09. The van der Waals surface area contributed by atoms with Gasteiger partial charge in [-0.3, -0.25) is 0 Å². The number of benzene rings is 1. The highest BCUT2D eigenvalue weighted by Gasteiger charge is 2.13. The van der Waals surface area contributed by atoms with Gasteiger partial charge in [0.25, 0.3) is 0 Å². The van der Waals surface area contributed by atoms with Crippen LogP contribution in [-0.4, -0.2) is 15.5 Å². The third kappa shape index (κ3) is 1.99. The lowest BCUT2D eigenvalue weighted by atomic mass is 10.1. The molecule has 1 atom stereocenters. The first-order chi connectivity index (χ1) is 7.24. The van der Waals surface area contributed by atoms with Crippen molar-refractivity contribution in [2.45, 2.75) is 12.8 Å². The molecule has 4 heteroatoms. The molecular formula is C11H10BrClN2. The minimum Gasteiger partial charge on any atom is -0.153 e. The molecule has 0 saturated heterocycles. The van der Waals surface area contributed by atoms with Crippen LogP contribution in [0.5, 0.6) is 0 Å². The van der Waals surface area contributed by atoms with Crippen LogP contribution in [0.25, 0.3) is 10.9 Å². The van der Waals surface area contributed by atoms with E-state index in [9.17, 15) is 0 Å². The van der Waals surface area contributed by atoms with Crippen LogP contribution in [0, 0.1) is 0 Å². The number of hydrogen-bond acceptors (Lipinski definition) is 2. The summed E-state index contributed by atoms with van der Waals surface area (Å²) < 4.78 is 0. The van der Waals surface area contributed by atoms with E-state index in [0.29, 0.717) is 5.02 Å². The van der Waals surface area contributed by atoms with Gasteiger partial charge in [0, 0.05) is 16.6 Å². The molecule has 0 N–H and O–H groups in total. The minimum absolute atomic E-state index is 0.273. The molecule has 0 amide bonds. The zero-order chi connectivity index (χ0) is 10.8. The largest absolute Gasteiger partial charge is 0.153 e. The smallest absolute Gasteiger partial charge is 0.0944 e. The Morgan fingerprint density at radius 2 is 2.07 bits per heavy atom. The molecule has 0 bridgehead atoms. The molecule has 0 aliphatic heterocycles. The number of rotatable bonds is 2. The number of nitrogens with zero attached hydrogens (tertiary/aromatic N) is 2. The Balaban J connectivity index is 2.65. The lowest BCUT2D eigenvalue weighted by Crippen LogP contribution is -2.01. The minimum atomic E-state index is 0.273. The third-order valence-electron chi connectivity index (χ3n) is 2.33. The quantitative estimate of drug-likeness (QED) is 0.785. The van der Waals surface area contributed by atoms with Gasteiger partial charge in [-0.05, 0) is 6.07 Å². The average molecular weight is 286 g/mol. The molecule has 0 radical (unpaired) electrons. The van der Waals surface area contributed by atoms with Crippen LogP contribution in [0.3, 0.4) is 0 Å². The monoisotopic (exact) mass is 284 g/mol. The van der Waals surface area contributed by atoms with Gasteiger partial charge in [0.05, 0.1) is 16.2 Å². The summed E-state index contributed by atoms with van der Waals surface area (Å²) in [6.07, 6.45) is 0. The molecule has 2 rings (SSSR count). The molecule has 0 aliphatic carbocycles. The number of hydrogen-bond donors (Lipinski definition) is 0. The highest BCUT2D eigenvalue weighted by molar-refractivity contribution is 9.09. The summed E-state index contributed by atoms with van der Waals surface area (Å²) in [5, 5.41) is 10.8. The summed E-state index contributed by atoms with van der Waals surface area (Å²) in [7, 11) is 0. The maximum Gasteiger partial charge on any atom is 0.0944 e. The summed E-state index contributed by atoms with van der Waals surface area (Å²) >= 11 is 9.72. The lowest BCUT2D eigenvalue weighted by molar-refractivity contribution is 0.810. The molecular weight excluding hydrogens is 275 g/mol. The summed E-state index contributed by atoms with van der Waals surface area (Å²) in [4.78, 5) is 0. The van der Waals surface area contributed by atoms with Crippen LogP contribution in [0.2, 0.25) is 5.02 Å². The Morgan fingerprint density at radius 1 is 1.33 bits per heavy atom. The van der Waals surface area contributed by atoms with Gasteiger partial charge in [0.1, 0.15) is 0 Å². The fourth-order valence-corrected chi connectivity index (χ4v) is 2.11. The fourth-order valence-electron chi connectivity index (χ4n) is 1.42. The van der Waals surface area contributed by atoms with Crippen LogP contribution >= 0.6 is 27.5 Å². The van der Waals surface area contributed by atoms with Gasteiger partial charge in [0.2, 0.25) is 0 Å². The van der Waals surface area contributed by atoms with E-state index in [0.717, 1.165) is 21.9 Å². The fraction of sp³-hybridized carbons (Fsp3) is 0.273. The van der Waals surface area contributed by atoms with Gasteiger partial charge in [-0.1, -0.05) is 52.7 Å². The molecule has 0 saturated carbocycles. The van der Waals surface area contributed by atoms with Gasteiger partial charge in [-0.15, -0.1) is 0 Å².